The number of nitrogens with two attached hydrogens (primary N) is 1. The van der Waals surface area contributed by atoms with Gasteiger partial charge in [-0.3, -0.25) is 0 Å². The predicted octanol–water partition coefficient (Wildman–Crippen LogP) is 2.05. The molecule has 0 bridgehead atoms. The Morgan fingerprint density at radius 2 is 2.24 bits per heavy atom. The summed E-state index contributed by atoms with van der Waals surface area (Å²) in [4.78, 5) is 0. The molecule has 1 aliphatic heterocycles. The maximum absolute atomic E-state index is 6.01. The van der Waals surface area contributed by atoms with Gasteiger partial charge in [0.05, 0.1) is 5.60 Å². The molecule has 1 saturated heterocycles. The molecule has 0 amide bonds. The molecule has 0 aromatic rings. The lowest BCUT2D eigenvalue weighted by atomic mass is 9.93. The van der Waals surface area contributed by atoms with Crippen molar-refractivity contribution in [1.82, 2.24) is 5.32 Å². The zero-order chi connectivity index (χ0) is 12.4. The predicted molar refractivity (Wildman–Crippen MR) is 71.0 cm³/mol. The first-order chi connectivity index (χ1) is 8.11. The van der Waals surface area contributed by atoms with Crippen LogP contribution in [0.15, 0.2) is 0 Å². The van der Waals surface area contributed by atoms with Crippen LogP contribution < -0.4 is 11.1 Å². The highest BCUT2D eigenvalue weighted by Gasteiger charge is 2.39. The minimum absolute atomic E-state index is 0.0481. The van der Waals surface area contributed by atoms with Crippen molar-refractivity contribution in [2.24, 2.45) is 11.7 Å². The van der Waals surface area contributed by atoms with E-state index in [1.165, 1.54) is 38.5 Å². The van der Waals surface area contributed by atoms with E-state index >= 15 is 0 Å². The SMILES string of the molecule is CCC1CCC(CN)(NCC2(C)CCCO2)C1. The van der Waals surface area contributed by atoms with Crippen LogP contribution in [-0.2, 0) is 4.74 Å². The average Bonchev–Trinajstić information content (AvgIpc) is 2.95. The van der Waals surface area contributed by atoms with E-state index in [4.69, 9.17) is 10.5 Å². The molecule has 17 heavy (non-hydrogen) atoms. The van der Waals surface area contributed by atoms with Gasteiger partial charge < -0.3 is 15.8 Å². The summed E-state index contributed by atoms with van der Waals surface area (Å²) in [6.45, 7) is 7.16. The first kappa shape index (κ1) is 13.3. The second-order valence-corrected chi connectivity index (χ2v) is 6.26. The van der Waals surface area contributed by atoms with Gasteiger partial charge in [-0.05, 0) is 44.9 Å². The van der Waals surface area contributed by atoms with E-state index in [0.29, 0.717) is 0 Å². The van der Waals surface area contributed by atoms with Gasteiger partial charge in [0.2, 0.25) is 0 Å². The monoisotopic (exact) mass is 240 g/mol. The quantitative estimate of drug-likeness (QED) is 0.773. The summed E-state index contributed by atoms with van der Waals surface area (Å²) in [7, 11) is 0. The smallest absolute Gasteiger partial charge is 0.0779 e. The largest absolute Gasteiger partial charge is 0.374 e. The lowest BCUT2D eigenvalue weighted by Crippen LogP contribution is -2.54. The van der Waals surface area contributed by atoms with Gasteiger partial charge in [-0.25, -0.2) is 0 Å². The lowest BCUT2D eigenvalue weighted by Gasteiger charge is -2.34. The summed E-state index contributed by atoms with van der Waals surface area (Å²) in [5.41, 5.74) is 6.25. The van der Waals surface area contributed by atoms with Gasteiger partial charge in [-0.1, -0.05) is 13.3 Å². The molecule has 1 heterocycles. The van der Waals surface area contributed by atoms with Crippen LogP contribution in [0, 0.1) is 5.92 Å². The molecule has 3 atom stereocenters. The van der Waals surface area contributed by atoms with Gasteiger partial charge in [0.1, 0.15) is 0 Å². The summed E-state index contributed by atoms with van der Waals surface area (Å²) < 4.78 is 5.84. The number of hydrogen-bond acceptors (Lipinski definition) is 3. The molecule has 1 saturated carbocycles. The van der Waals surface area contributed by atoms with Crippen molar-refractivity contribution in [2.75, 3.05) is 19.7 Å². The minimum Gasteiger partial charge on any atom is -0.374 e. The Kier molecular flexibility index (Phi) is 4.11. The van der Waals surface area contributed by atoms with Crippen molar-refractivity contribution < 1.29 is 4.74 Å². The zero-order valence-corrected chi connectivity index (χ0v) is 11.4. The fraction of sp³-hybridized carbons (Fsp3) is 1.00. The molecule has 3 heteroatoms. The molecule has 2 aliphatic rings. The Morgan fingerprint density at radius 1 is 1.41 bits per heavy atom. The highest BCUT2D eigenvalue weighted by atomic mass is 16.5. The Bertz CT molecular complexity index is 251. The maximum Gasteiger partial charge on any atom is 0.0779 e. The van der Waals surface area contributed by atoms with E-state index < -0.39 is 0 Å². The van der Waals surface area contributed by atoms with Gasteiger partial charge in [-0.15, -0.1) is 0 Å². The zero-order valence-electron chi connectivity index (χ0n) is 11.4. The second-order valence-electron chi connectivity index (χ2n) is 6.26. The molecule has 0 aromatic heterocycles. The number of hydrogen-bond donors (Lipinski definition) is 2. The third-order valence-corrected chi connectivity index (χ3v) is 4.82. The van der Waals surface area contributed by atoms with Crippen molar-refractivity contribution in [3.05, 3.63) is 0 Å². The van der Waals surface area contributed by atoms with Crippen molar-refractivity contribution in [3.63, 3.8) is 0 Å². The Labute approximate surface area is 105 Å². The topological polar surface area (TPSA) is 47.3 Å². The van der Waals surface area contributed by atoms with Gasteiger partial charge in [0.15, 0.2) is 0 Å². The normalized spacial score (nSPS) is 42.2. The highest BCUT2D eigenvalue weighted by Crippen LogP contribution is 2.36. The standard InChI is InChI=1S/C14H28N2O/c1-3-12-5-7-14(9-12,10-15)16-11-13(2)6-4-8-17-13/h12,16H,3-11,15H2,1-2H3. The van der Waals surface area contributed by atoms with Crippen molar-refractivity contribution in [1.29, 1.82) is 0 Å². The Morgan fingerprint density at radius 3 is 2.76 bits per heavy atom. The first-order valence-electron chi connectivity index (χ1n) is 7.20. The molecule has 2 rings (SSSR count). The number of rotatable bonds is 5. The van der Waals surface area contributed by atoms with E-state index in [2.05, 4.69) is 19.2 Å². The van der Waals surface area contributed by atoms with Gasteiger partial charge >= 0.3 is 0 Å². The van der Waals surface area contributed by atoms with E-state index in [-0.39, 0.29) is 11.1 Å². The number of nitrogens with one attached hydrogen (secondary N) is 1. The van der Waals surface area contributed by atoms with E-state index in [9.17, 15) is 0 Å². The van der Waals surface area contributed by atoms with Crippen molar-refractivity contribution >= 4 is 0 Å². The van der Waals surface area contributed by atoms with Crippen LogP contribution >= 0.6 is 0 Å². The summed E-state index contributed by atoms with van der Waals surface area (Å²) in [6.07, 6.45) is 7.48. The number of ether oxygens (including phenoxy) is 1. The molecule has 0 radical (unpaired) electrons. The van der Waals surface area contributed by atoms with Crippen LogP contribution in [-0.4, -0.2) is 30.8 Å². The van der Waals surface area contributed by atoms with Gasteiger partial charge in [-0.2, -0.15) is 0 Å². The fourth-order valence-corrected chi connectivity index (χ4v) is 3.35. The molecule has 2 fully saturated rings. The van der Waals surface area contributed by atoms with Gasteiger partial charge in [0, 0.05) is 25.2 Å². The third kappa shape index (κ3) is 3.01. The average molecular weight is 240 g/mol. The lowest BCUT2D eigenvalue weighted by molar-refractivity contribution is 0.0144. The summed E-state index contributed by atoms with van der Waals surface area (Å²) in [6, 6.07) is 0. The maximum atomic E-state index is 6.01. The fourth-order valence-electron chi connectivity index (χ4n) is 3.35. The van der Waals surface area contributed by atoms with Crippen molar-refractivity contribution in [2.45, 2.75) is 63.5 Å². The first-order valence-corrected chi connectivity index (χ1v) is 7.20. The summed E-state index contributed by atoms with van der Waals surface area (Å²) in [5, 5.41) is 3.74. The van der Waals surface area contributed by atoms with Gasteiger partial charge in [0.25, 0.3) is 0 Å². The molecule has 3 nitrogen and oxygen atoms in total. The second kappa shape index (κ2) is 5.25. The van der Waals surface area contributed by atoms with Crippen LogP contribution in [0.5, 0.6) is 0 Å². The van der Waals surface area contributed by atoms with E-state index in [1.54, 1.807) is 0 Å². The molecular weight excluding hydrogens is 212 g/mol. The van der Waals surface area contributed by atoms with Crippen LogP contribution in [0.3, 0.4) is 0 Å². The summed E-state index contributed by atoms with van der Waals surface area (Å²) in [5.74, 6) is 0.864. The minimum atomic E-state index is 0.0481. The highest BCUT2D eigenvalue weighted by molar-refractivity contribution is 4.99. The molecule has 1 aliphatic carbocycles. The summed E-state index contributed by atoms with van der Waals surface area (Å²) >= 11 is 0. The van der Waals surface area contributed by atoms with Crippen LogP contribution in [0.4, 0.5) is 0 Å². The molecular formula is C14H28N2O. The van der Waals surface area contributed by atoms with E-state index in [0.717, 1.165) is 25.6 Å². The molecule has 3 unspecified atom stereocenters. The Balaban J connectivity index is 1.87. The molecule has 0 spiro atoms. The molecule has 3 N–H and O–H groups in total. The van der Waals surface area contributed by atoms with Crippen molar-refractivity contribution in [3.8, 4) is 0 Å². The Hall–Kier alpha value is -0.120. The molecule has 0 aromatic carbocycles. The van der Waals surface area contributed by atoms with Crippen LogP contribution in [0.25, 0.3) is 0 Å². The molecule has 100 valence electrons. The third-order valence-electron chi connectivity index (χ3n) is 4.82. The van der Waals surface area contributed by atoms with Crippen LogP contribution in [0.1, 0.15) is 52.4 Å². The van der Waals surface area contributed by atoms with Crippen LogP contribution in [0.2, 0.25) is 0 Å². The van der Waals surface area contributed by atoms with E-state index in [1.807, 2.05) is 0 Å².